The summed E-state index contributed by atoms with van der Waals surface area (Å²) in [7, 11) is 0. The largest absolute Gasteiger partial charge is 0.456 e. The van der Waals surface area contributed by atoms with Crippen LogP contribution in [0.15, 0.2) is 54.6 Å². The Labute approximate surface area is 225 Å². The number of halogens is 1. The molecule has 2 aromatic carbocycles. The van der Waals surface area contributed by atoms with Crippen molar-refractivity contribution in [1.82, 2.24) is 15.0 Å². The molecule has 0 aliphatic carbocycles. The fourth-order valence-electron chi connectivity index (χ4n) is 5.17. The van der Waals surface area contributed by atoms with E-state index in [4.69, 9.17) is 30.8 Å². The number of imidazole rings is 1. The Morgan fingerprint density at radius 2 is 1.58 bits per heavy atom. The van der Waals surface area contributed by atoms with Gasteiger partial charge < -0.3 is 29.4 Å². The summed E-state index contributed by atoms with van der Waals surface area (Å²) in [6, 6.07) is 18.0. The molecule has 0 amide bonds. The Morgan fingerprint density at radius 1 is 0.947 bits per heavy atom. The molecule has 2 fully saturated rings. The van der Waals surface area contributed by atoms with Gasteiger partial charge in [-0.2, -0.15) is 4.98 Å². The van der Waals surface area contributed by atoms with E-state index in [9.17, 15) is 10.2 Å². The van der Waals surface area contributed by atoms with Gasteiger partial charge in [0, 0.05) is 16.9 Å². The molecule has 4 heterocycles. The van der Waals surface area contributed by atoms with Gasteiger partial charge in [-0.3, -0.25) is 0 Å². The zero-order valence-electron chi connectivity index (χ0n) is 21.2. The zero-order chi connectivity index (χ0) is 26.4. The smallest absolute Gasteiger partial charge is 0.296 e. The van der Waals surface area contributed by atoms with Crippen LogP contribution in [0.1, 0.15) is 19.4 Å². The monoisotopic (exact) mass is 535 g/mol. The highest BCUT2D eigenvalue weighted by Gasteiger charge is 2.47. The molecule has 6 rings (SSSR count). The number of nitrogens with one attached hydrogen (secondary N) is 1. The lowest BCUT2D eigenvalue weighted by Crippen LogP contribution is -2.33. The zero-order valence-corrected chi connectivity index (χ0v) is 22.0. The van der Waals surface area contributed by atoms with Crippen molar-refractivity contribution in [2.45, 2.75) is 37.6 Å². The molecule has 0 unspecified atom stereocenters. The molecule has 38 heavy (non-hydrogen) atoms. The second kappa shape index (κ2) is 9.94. The number of pyridine rings is 1. The number of H-pyrrole nitrogens is 1. The lowest BCUT2D eigenvalue weighted by atomic mass is 9.83. The van der Waals surface area contributed by atoms with E-state index in [0.717, 1.165) is 22.3 Å². The lowest BCUT2D eigenvalue weighted by Gasteiger charge is -2.25. The van der Waals surface area contributed by atoms with E-state index in [2.05, 4.69) is 16.9 Å². The number of aliphatic hydroxyl groups excluding tert-OH is 2. The Bertz CT molecular complexity index is 1440. The van der Waals surface area contributed by atoms with Crippen LogP contribution in [0.2, 0.25) is 5.02 Å². The van der Waals surface area contributed by atoms with E-state index in [1.54, 1.807) is 0 Å². The van der Waals surface area contributed by atoms with E-state index in [1.807, 2.05) is 61.5 Å². The van der Waals surface area contributed by atoms with Gasteiger partial charge in [0.1, 0.15) is 6.10 Å². The molecule has 3 N–H and O–H groups in total. The van der Waals surface area contributed by atoms with Crippen molar-refractivity contribution in [3.8, 4) is 28.4 Å². The first-order valence-corrected chi connectivity index (χ1v) is 13.2. The van der Waals surface area contributed by atoms with Crippen LogP contribution in [0.3, 0.4) is 0 Å². The van der Waals surface area contributed by atoms with Gasteiger partial charge in [0.15, 0.2) is 11.8 Å². The molecular weight excluding hydrogens is 506 g/mol. The summed E-state index contributed by atoms with van der Waals surface area (Å²) in [4.78, 5) is 12.4. The van der Waals surface area contributed by atoms with E-state index in [1.165, 1.54) is 0 Å². The third-order valence-corrected chi connectivity index (χ3v) is 7.98. The molecule has 0 bridgehead atoms. The molecule has 2 aromatic heterocycles. The molecule has 0 saturated carbocycles. The van der Waals surface area contributed by atoms with Gasteiger partial charge in [0.2, 0.25) is 0 Å². The SMILES string of the molecule is C[C@@H]1CO[C@H]2[C@@H]1OC[C@H]2Oc1nc2nc(-c3ccc(-c4ccc(C(C)(CO)CO)cc4)cc3)c(Cl)cc2[nH]1. The number of rotatable bonds is 7. The van der Waals surface area contributed by atoms with Crippen molar-refractivity contribution in [2.24, 2.45) is 5.92 Å². The maximum absolute atomic E-state index is 9.66. The van der Waals surface area contributed by atoms with Crippen molar-refractivity contribution in [2.75, 3.05) is 26.4 Å². The topological polar surface area (TPSA) is 110 Å². The predicted octanol–water partition coefficient (Wildman–Crippen LogP) is 4.37. The first kappa shape index (κ1) is 25.3. The van der Waals surface area contributed by atoms with Crippen LogP contribution in [0, 0.1) is 5.92 Å². The van der Waals surface area contributed by atoms with Gasteiger partial charge in [0.25, 0.3) is 6.01 Å². The Kier molecular flexibility index (Phi) is 6.62. The third kappa shape index (κ3) is 4.46. The number of nitrogens with zero attached hydrogens (tertiary/aromatic N) is 2. The van der Waals surface area contributed by atoms with Crippen LogP contribution in [-0.2, 0) is 14.9 Å². The quantitative estimate of drug-likeness (QED) is 0.322. The van der Waals surface area contributed by atoms with Crippen LogP contribution in [0.4, 0.5) is 0 Å². The van der Waals surface area contributed by atoms with Gasteiger partial charge in [-0.25, -0.2) is 4.98 Å². The van der Waals surface area contributed by atoms with Gasteiger partial charge >= 0.3 is 0 Å². The summed E-state index contributed by atoms with van der Waals surface area (Å²) in [6.45, 7) is 4.85. The summed E-state index contributed by atoms with van der Waals surface area (Å²) in [6.07, 6.45) is -0.247. The van der Waals surface area contributed by atoms with Gasteiger partial charge in [0.05, 0.1) is 48.8 Å². The van der Waals surface area contributed by atoms with E-state index < -0.39 is 5.41 Å². The number of fused-ring (bicyclic) bond motifs is 2. The first-order valence-electron chi connectivity index (χ1n) is 12.8. The highest BCUT2D eigenvalue weighted by molar-refractivity contribution is 6.33. The Morgan fingerprint density at radius 3 is 2.26 bits per heavy atom. The summed E-state index contributed by atoms with van der Waals surface area (Å²) in [5.41, 5.74) is 5.00. The van der Waals surface area contributed by atoms with Crippen molar-refractivity contribution in [3.05, 3.63) is 65.2 Å². The molecular formula is C29H30ClN3O5. The number of benzene rings is 2. The molecule has 0 spiro atoms. The molecule has 2 aliphatic rings. The minimum atomic E-state index is -0.670. The predicted molar refractivity (Wildman–Crippen MR) is 144 cm³/mol. The third-order valence-electron chi connectivity index (χ3n) is 7.69. The normalized spacial score (nSPS) is 23.2. The highest BCUT2D eigenvalue weighted by atomic mass is 35.5. The van der Waals surface area contributed by atoms with Crippen LogP contribution in [0.25, 0.3) is 33.5 Å². The number of aromatic nitrogens is 3. The minimum absolute atomic E-state index is 0.0609. The second-order valence-electron chi connectivity index (χ2n) is 10.5. The summed E-state index contributed by atoms with van der Waals surface area (Å²) >= 11 is 6.62. The number of hydrogen-bond donors (Lipinski definition) is 3. The summed E-state index contributed by atoms with van der Waals surface area (Å²) in [5.74, 6) is 0.353. The van der Waals surface area contributed by atoms with Gasteiger partial charge in [-0.05, 0) is 22.8 Å². The standard InChI is InChI=1S/C29H30ClN3O5/c1-16-12-36-26-23(13-37-25(16)26)38-28-31-22-11-21(30)24(32-27(22)33-28)19-5-3-17(4-6-19)18-7-9-20(10-8-18)29(2,14-34)15-35/h3-11,16,23,25-26,34-35H,12-15H2,1-2H3,(H,31,32,33)/t16-,23-,25-,26-/m1/s1. The maximum atomic E-state index is 9.66. The lowest BCUT2D eigenvalue weighted by molar-refractivity contribution is 0.0262. The molecule has 2 saturated heterocycles. The molecule has 9 heteroatoms. The maximum Gasteiger partial charge on any atom is 0.296 e. The highest BCUT2D eigenvalue weighted by Crippen LogP contribution is 2.34. The molecule has 4 atom stereocenters. The average Bonchev–Trinajstić information content (AvgIpc) is 3.64. The average molecular weight is 536 g/mol. The van der Waals surface area contributed by atoms with E-state index in [-0.39, 0.29) is 31.5 Å². The van der Waals surface area contributed by atoms with Crippen molar-refractivity contribution in [1.29, 1.82) is 0 Å². The van der Waals surface area contributed by atoms with Crippen molar-refractivity contribution < 1.29 is 24.4 Å². The number of ether oxygens (including phenoxy) is 3. The molecule has 2 aliphatic heterocycles. The van der Waals surface area contributed by atoms with Crippen molar-refractivity contribution >= 4 is 22.8 Å². The van der Waals surface area contributed by atoms with Crippen LogP contribution >= 0.6 is 11.6 Å². The van der Waals surface area contributed by atoms with Crippen LogP contribution in [-0.4, -0.2) is 69.9 Å². The van der Waals surface area contributed by atoms with Crippen LogP contribution < -0.4 is 4.74 Å². The molecule has 198 valence electrons. The van der Waals surface area contributed by atoms with E-state index >= 15 is 0 Å². The van der Waals surface area contributed by atoms with Crippen LogP contribution in [0.5, 0.6) is 6.01 Å². The number of hydrogen-bond acceptors (Lipinski definition) is 7. The Hall–Kier alpha value is -3.01. The van der Waals surface area contributed by atoms with Crippen molar-refractivity contribution in [3.63, 3.8) is 0 Å². The number of aliphatic hydroxyl groups is 2. The fourth-order valence-corrected chi connectivity index (χ4v) is 5.43. The van der Waals surface area contributed by atoms with Gasteiger partial charge in [-0.1, -0.05) is 74.0 Å². The number of aromatic amines is 1. The fraction of sp³-hybridized carbons (Fsp3) is 0.379. The first-order chi connectivity index (χ1) is 18.4. The molecule has 0 radical (unpaired) electrons. The van der Waals surface area contributed by atoms with Gasteiger partial charge in [-0.15, -0.1) is 0 Å². The molecule has 8 nitrogen and oxygen atoms in total. The van der Waals surface area contributed by atoms with E-state index in [0.29, 0.717) is 47.0 Å². The minimum Gasteiger partial charge on any atom is -0.456 e. The second-order valence-corrected chi connectivity index (χ2v) is 10.9. The molecule has 4 aromatic rings. The summed E-state index contributed by atoms with van der Waals surface area (Å²) < 4.78 is 17.8. The summed E-state index contributed by atoms with van der Waals surface area (Å²) in [5, 5.41) is 19.8. The Balaban J connectivity index is 1.21.